The molecule has 4 rings (SSSR count). The summed E-state index contributed by atoms with van der Waals surface area (Å²) in [6.45, 7) is -2.51. The first kappa shape index (κ1) is 23.1. The lowest BCUT2D eigenvalue weighted by Gasteiger charge is -2.39. The Morgan fingerprint density at radius 3 is 2.64 bits per heavy atom. The summed E-state index contributed by atoms with van der Waals surface area (Å²) in [6.07, 6.45) is -4.93. The first-order valence-corrected chi connectivity index (χ1v) is 10.2. The van der Waals surface area contributed by atoms with Crippen LogP contribution in [0.1, 0.15) is 29.2 Å². The minimum atomic E-state index is -4.96. The first-order chi connectivity index (χ1) is 15.6. The van der Waals surface area contributed by atoms with Crippen molar-refractivity contribution in [2.45, 2.75) is 43.4 Å². The van der Waals surface area contributed by atoms with Crippen molar-refractivity contribution in [3.05, 3.63) is 53.1 Å². The molecule has 1 heterocycles. The molecule has 2 amide bonds. The third kappa shape index (κ3) is 4.97. The van der Waals surface area contributed by atoms with Gasteiger partial charge in [-0.05, 0) is 35.7 Å². The molecule has 3 N–H and O–H groups in total. The number of carbonyl (C=O) groups is 1. The molecular weight excluding hydrogens is 451 g/mol. The monoisotopic (exact) mass is 472 g/mol. The fourth-order valence-corrected chi connectivity index (χ4v) is 4.24. The summed E-state index contributed by atoms with van der Waals surface area (Å²) >= 11 is 0. The van der Waals surface area contributed by atoms with Gasteiger partial charge in [-0.15, -0.1) is 13.2 Å². The molecule has 0 bridgehead atoms. The van der Waals surface area contributed by atoms with Gasteiger partial charge >= 0.3 is 12.4 Å². The third-order valence-electron chi connectivity index (χ3n) is 5.71. The number of carbonyl (C=O) groups excluding carboxylic acids is 1. The molecule has 0 unspecified atom stereocenters. The van der Waals surface area contributed by atoms with E-state index in [1.807, 2.05) is 6.07 Å². The molecule has 2 aromatic rings. The number of anilines is 1. The molecule has 0 fully saturated rings. The number of amides is 2. The Hall–Kier alpha value is -3.08. The fourth-order valence-electron chi connectivity index (χ4n) is 4.24. The highest BCUT2D eigenvalue weighted by atomic mass is 19.4. The lowest BCUT2D eigenvalue weighted by Crippen LogP contribution is -2.49. The van der Waals surface area contributed by atoms with Crippen LogP contribution in [0.4, 0.5) is 32.4 Å². The van der Waals surface area contributed by atoms with Crippen LogP contribution in [0.3, 0.4) is 0 Å². The van der Waals surface area contributed by atoms with Gasteiger partial charge in [-0.2, -0.15) is 0 Å². The van der Waals surface area contributed by atoms with Gasteiger partial charge in [0.05, 0.1) is 12.1 Å². The third-order valence-corrected chi connectivity index (χ3v) is 5.71. The molecule has 1 aliphatic heterocycles. The van der Waals surface area contributed by atoms with E-state index in [0.29, 0.717) is 18.5 Å². The fraction of sp³-hybridized carbons (Fsp3) is 0.409. The van der Waals surface area contributed by atoms with Crippen molar-refractivity contribution in [3.63, 3.8) is 0 Å². The van der Waals surface area contributed by atoms with Crippen LogP contribution in [-0.4, -0.2) is 42.6 Å². The smallest absolute Gasteiger partial charge is 0.481 e. The molecule has 1 aliphatic carbocycles. The summed E-state index contributed by atoms with van der Waals surface area (Å²) in [4.78, 5) is 12.7. The zero-order chi connectivity index (χ0) is 23.8. The Balaban J connectivity index is 1.57. The van der Waals surface area contributed by atoms with Gasteiger partial charge in [-0.1, -0.05) is 12.1 Å². The van der Waals surface area contributed by atoms with Crippen molar-refractivity contribution >= 4 is 11.7 Å². The Morgan fingerprint density at radius 1 is 1.18 bits per heavy atom. The van der Waals surface area contributed by atoms with Gasteiger partial charge < -0.3 is 25.2 Å². The summed E-state index contributed by atoms with van der Waals surface area (Å²) in [5.74, 6) is -0.830. The molecule has 178 valence electrons. The number of fused-ring (bicyclic) bond motifs is 2. The number of halogens is 5. The maximum atomic E-state index is 13.7. The van der Waals surface area contributed by atoms with Gasteiger partial charge in [0.2, 0.25) is 0 Å². The van der Waals surface area contributed by atoms with Crippen LogP contribution in [0.5, 0.6) is 11.5 Å². The molecule has 2 aliphatic rings. The van der Waals surface area contributed by atoms with Gasteiger partial charge in [0, 0.05) is 30.2 Å². The average Bonchev–Trinajstić information content (AvgIpc) is 3.13. The zero-order valence-electron chi connectivity index (χ0n) is 17.2. The number of nitrogens with one attached hydrogen (secondary N) is 2. The number of hydrogen-bond donors (Lipinski definition) is 3. The van der Waals surface area contributed by atoms with Crippen molar-refractivity contribution in [1.82, 2.24) is 5.32 Å². The Bertz CT molecular complexity index is 1040. The number of benzene rings is 2. The van der Waals surface area contributed by atoms with Gasteiger partial charge in [0.25, 0.3) is 0 Å². The highest BCUT2D eigenvalue weighted by Crippen LogP contribution is 2.43. The zero-order valence-corrected chi connectivity index (χ0v) is 17.2. The number of hydrogen-bond acceptors (Lipinski definition) is 4. The highest BCUT2D eigenvalue weighted by Gasteiger charge is 2.43. The predicted octanol–water partition coefficient (Wildman–Crippen LogP) is 4.37. The second-order valence-corrected chi connectivity index (χ2v) is 8.16. The molecule has 0 saturated carbocycles. The molecule has 2 aromatic carbocycles. The van der Waals surface area contributed by atoms with E-state index in [-0.39, 0.29) is 17.7 Å². The summed E-state index contributed by atoms with van der Waals surface area (Å²) in [5.41, 5.74) is 0.488. The van der Waals surface area contributed by atoms with E-state index in [1.165, 1.54) is 6.07 Å². The normalized spacial score (nSPS) is 20.9. The molecular formula is C22H21F5N2O4. The van der Waals surface area contributed by atoms with E-state index in [1.54, 1.807) is 12.1 Å². The van der Waals surface area contributed by atoms with Crippen molar-refractivity contribution in [2.24, 2.45) is 0 Å². The lowest BCUT2D eigenvalue weighted by atomic mass is 9.88. The number of aliphatic hydroxyl groups is 1. The van der Waals surface area contributed by atoms with Gasteiger partial charge in [0.15, 0.2) is 5.60 Å². The predicted molar refractivity (Wildman–Crippen MR) is 108 cm³/mol. The summed E-state index contributed by atoms with van der Waals surface area (Å²) in [5, 5.41) is 15.2. The number of ether oxygens (including phenoxy) is 2. The van der Waals surface area contributed by atoms with Crippen LogP contribution in [0.2, 0.25) is 0 Å². The van der Waals surface area contributed by atoms with E-state index in [2.05, 4.69) is 15.4 Å². The van der Waals surface area contributed by atoms with E-state index in [9.17, 15) is 31.9 Å². The van der Waals surface area contributed by atoms with E-state index in [0.717, 1.165) is 23.3 Å². The number of urea groups is 1. The molecule has 0 aromatic heterocycles. The first-order valence-electron chi connectivity index (χ1n) is 10.2. The van der Waals surface area contributed by atoms with Crippen LogP contribution >= 0.6 is 0 Å². The number of rotatable bonds is 5. The quantitative estimate of drug-likeness (QED) is 0.565. The minimum Gasteiger partial charge on any atom is -0.481 e. The molecule has 2 atom stereocenters. The van der Waals surface area contributed by atoms with E-state index in [4.69, 9.17) is 4.74 Å². The van der Waals surface area contributed by atoms with Crippen LogP contribution in [0.15, 0.2) is 36.4 Å². The van der Waals surface area contributed by atoms with Crippen LogP contribution in [0.25, 0.3) is 0 Å². The summed E-state index contributed by atoms with van der Waals surface area (Å²) in [6, 6.07) is 6.80. The maximum absolute atomic E-state index is 13.7. The largest absolute Gasteiger partial charge is 0.573 e. The second kappa shape index (κ2) is 8.69. The van der Waals surface area contributed by atoms with Crippen LogP contribution in [0, 0.1) is 0 Å². The van der Waals surface area contributed by atoms with Crippen molar-refractivity contribution in [1.29, 1.82) is 0 Å². The molecule has 0 spiro atoms. The van der Waals surface area contributed by atoms with Crippen LogP contribution in [-0.2, 0) is 12.8 Å². The topological polar surface area (TPSA) is 79.8 Å². The highest BCUT2D eigenvalue weighted by molar-refractivity contribution is 5.91. The number of alkyl halides is 5. The Morgan fingerprint density at radius 2 is 1.94 bits per heavy atom. The molecule has 11 heteroatoms. The van der Waals surface area contributed by atoms with E-state index >= 15 is 0 Å². The average molecular weight is 472 g/mol. The standard InChI is InChI=1S/C22H21F5N2O4/c23-10-21(11-24)9-18(15-5-4-14(8-19(15)33-21)32-22(25,26)27)29-20(31)28-17-3-1-2-12-6-13(30)7-16(12)17/h1-5,8,13,18,30H,6-7,9-11H2,(H2,28,29,31)/t13-,18+/m0/s1. The molecule has 33 heavy (non-hydrogen) atoms. The SMILES string of the molecule is O=C(Nc1cccc2c1C[C@@H](O)C2)N[C@@H]1CC(CF)(CF)Oc2cc(OC(F)(F)F)ccc21. The van der Waals surface area contributed by atoms with E-state index < -0.39 is 49.2 Å². The van der Waals surface area contributed by atoms with Gasteiger partial charge in [-0.3, -0.25) is 0 Å². The Kier molecular flexibility index (Phi) is 6.08. The summed E-state index contributed by atoms with van der Waals surface area (Å²) < 4.78 is 74.4. The van der Waals surface area contributed by atoms with Crippen molar-refractivity contribution in [2.75, 3.05) is 18.7 Å². The summed E-state index contributed by atoms with van der Waals surface area (Å²) in [7, 11) is 0. The van der Waals surface area contributed by atoms with Crippen LogP contribution < -0.4 is 20.1 Å². The lowest BCUT2D eigenvalue weighted by molar-refractivity contribution is -0.274. The minimum absolute atomic E-state index is 0.215. The molecule has 0 saturated heterocycles. The van der Waals surface area contributed by atoms with Crippen molar-refractivity contribution < 1.29 is 41.3 Å². The van der Waals surface area contributed by atoms with Gasteiger partial charge in [0.1, 0.15) is 24.8 Å². The number of aliphatic hydroxyl groups excluding tert-OH is 1. The van der Waals surface area contributed by atoms with Gasteiger partial charge in [-0.25, -0.2) is 13.6 Å². The Labute approximate surface area is 185 Å². The molecule has 0 radical (unpaired) electrons. The maximum Gasteiger partial charge on any atom is 0.573 e. The molecule has 6 nitrogen and oxygen atoms in total. The van der Waals surface area contributed by atoms with Crippen molar-refractivity contribution in [3.8, 4) is 11.5 Å². The second-order valence-electron chi connectivity index (χ2n) is 8.16.